The Kier molecular flexibility index (Phi) is 3.16. The maximum absolute atomic E-state index is 13.4. The van der Waals surface area contributed by atoms with Crippen LogP contribution >= 0.6 is 11.6 Å². The quantitative estimate of drug-likeness (QED) is 0.711. The van der Waals surface area contributed by atoms with E-state index in [4.69, 9.17) is 22.1 Å². The fourth-order valence-electron chi connectivity index (χ4n) is 1.94. The van der Waals surface area contributed by atoms with E-state index < -0.39 is 5.82 Å². The molecular weight excluding hydrogens is 279 g/mol. The number of nitrogen functional groups attached to an aromatic ring is 1. The maximum Gasteiger partial charge on any atom is 0.145 e. The molecule has 0 spiro atoms. The molecule has 0 saturated carbocycles. The second-order valence-electron chi connectivity index (χ2n) is 4.25. The standard InChI is InChI=1S/C15H10ClFN2O/c16-12-2-1-9(7-13(12)17)20-15-4-3-14(18)11-8-19-6-5-10(11)15/h1-8H,18H2. The summed E-state index contributed by atoms with van der Waals surface area (Å²) in [7, 11) is 0. The van der Waals surface area contributed by atoms with E-state index in [1.807, 2.05) is 0 Å². The Hall–Kier alpha value is -2.33. The fourth-order valence-corrected chi connectivity index (χ4v) is 2.06. The molecule has 0 unspecified atom stereocenters. The first-order valence-electron chi connectivity index (χ1n) is 5.90. The molecule has 20 heavy (non-hydrogen) atoms. The Labute approximate surface area is 119 Å². The average molecular weight is 289 g/mol. The molecule has 0 atom stereocenters. The van der Waals surface area contributed by atoms with Crippen LogP contribution < -0.4 is 10.5 Å². The molecule has 3 aromatic rings. The molecule has 0 aliphatic carbocycles. The fraction of sp³-hybridized carbons (Fsp3) is 0. The normalized spacial score (nSPS) is 10.7. The zero-order valence-electron chi connectivity index (χ0n) is 10.3. The zero-order valence-corrected chi connectivity index (χ0v) is 11.1. The smallest absolute Gasteiger partial charge is 0.145 e. The number of pyridine rings is 1. The molecule has 5 heteroatoms. The summed E-state index contributed by atoms with van der Waals surface area (Å²) in [5.41, 5.74) is 6.50. The van der Waals surface area contributed by atoms with Gasteiger partial charge in [-0.2, -0.15) is 0 Å². The van der Waals surface area contributed by atoms with Gasteiger partial charge >= 0.3 is 0 Å². The number of fused-ring (bicyclic) bond motifs is 1. The largest absolute Gasteiger partial charge is 0.457 e. The molecule has 3 nitrogen and oxygen atoms in total. The van der Waals surface area contributed by atoms with Crippen molar-refractivity contribution in [3.63, 3.8) is 0 Å². The molecule has 2 aromatic carbocycles. The van der Waals surface area contributed by atoms with Crippen LogP contribution in [0.3, 0.4) is 0 Å². The van der Waals surface area contributed by atoms with Crippen LogP contribution in [0.15, 0.2) is 48.8 Å². The van der Waals surface area contributed by atoms with Gasteiger partial charge in [-0.15, -0.1) is 0 Å². The molecule has 0 fully saturated rings. The maximum atomic E-state index is 13.4. The Balaban J connectivity index is 2.06. The van der Waals surface area contributed by atoms with Gasteiger partial charge in [0, 0.05) is 34.9 Å². The molecule has 3 rings (SSSR count). The number of rotatable bonds is 2. The molecule has 1 heterocycles. The van der Waals surface area contributed by atoms with Crippen molar-refractivity contribution >= 4 is 28.1 Å². The molecular formula is C15H10ClFN2O. The van der Waals surface area contributed by atoms with Gasteiger partial charge in [0.25, 0.3) is 0 Å². The number of benzene rings is 2. The van der Waals surface area contributed by atoms with Crippen LogP contribution in [0, 0.1) is 5.82 Å². The van der Waals surface area contributed by atoms with Gasteiger partial charge < -0.3 is 10.5 Å². The van der Waals surface area contributed by atoms with Crippen molar-refractivity contribution in [3.8, 4) is 11.5 Å². The van der Waals surface area contributed by atoms with Crippen LogP contribution in [0.25, 0.3) is 10.8 Å². The zero-order chi connectivity index (χ0) is 14.1. The lowest BCUT2D eigenvalue weighted by molar-refractivity contribution is 0.482. The Morgan fingerprint density at radius 3 is 2.75 bits per heavy atom. The van der Waals surface area contributed by atoms with Crippen molar-refractivity contribution in [2.45, 2.75) is 0 Å². The van der Waals surface area contributed by atoms with Gasteiger partial charge in [0.15, 0.2) is 0 Å². The lowest BCUT2D eigenvalue weighted by atomic mass is 10.1. The van der Waals surface area contributed by atoms with Gasteiger partial charge in [0.05, 0.1) is 5.02 Å². The molecule has 0 saturated heterocycles. The first kappa shape index (κ1) is 12.7. The van der Waals surface area contributed by atoms with Crippen molar-refractivity contribution < 1.29 is 9.13 Å². The number of ether oxygens (including phenoxy) is 1. The summed E-state index contributed by atoms with van der Waals surface area (Å²) in [4.78, 5) is 4.03. The van der Waals surface area contributed by atoms with E-state index in [9.17, 15) is 4.39 Å². The van der Waals surface area contributed by atoms with Gasteiger partial charge in [-0.1, -0.05) is 11.6 Å². The molecule has 0 aliphatic rings. The number of aromatic nitrogens is 1. The van der Waals surface area contributed by atoms with Gasteiger partial charge in [0.1, 0.15) is 17.3 Å². The summed E-state index contributed by atoms with van der Waals surface area (Å²) < 4.78 is 19.1. The third-order valence-electron chi connectivity index (χ3n) is 2.93. The Bertz CT molecular complexity index is 792. The lowest BCUT2D eigenvalue weighted by Crippen LogP contribution is -1.92. The Morgan fingerprint density at radius 1 is 1.10 bits per heavy atom. The first-order chi connectivity index (χ1) is 9.65. The van der Waals surface area contributed by atoms with Crippen molar-refractivity contribution in [3.05, 3.63) is 59.6 Å². The van der Waals surface area contributed by atoms with Crippen molar-refractivity contribution in [1.29, 1.82) is 0 Å². The van der Waals surface area contributed by atoms with E-state index in [0.29, 0.717) is 17.2 Å². The average Bonchev–Trinajstić information content (AvgIpc) is 2.46. The van der Waals surface area contributed by atoms with Gasteiger partial charge in [-0.05, 0) is 30.3 Å². The minimum absolute atomic E-state index is 0.0590. The number of hydrogen-bond acceptors (Lipinski definition) is 3. The van der Waals surface area contributed by atoms with E-state index in [-0.39, 0.29) is 5.02 Å². The van der Waals surface area contributed by atoms with Crippen LogP contribution in [0.1, 0.15) is 0 Å². The number of hydrogen-bond donors (Lipinski definition) is 1. The molecule has 100 valence electrons. The second kappa shape index (κ2) is 4.98. The SMILES string of the molecule is Nc1ccc(Oc2ccc(Cl)c(F)c2)c2ccncc12. The van der Waals surface area contributed by atoms with Crippen molar-refractivity contribution in [1.82, 2.24) is 4.98 Å². The van der Waals surface area contributed by atoms with Crippen LogP contribution in [0.5, 0.6) is 11.5 Å². The number of halogens is 2. The summed E-state index contributed by atoms with van der Waals surface area (Å²) in [5, 5.41) is 1.67. The number of anilines is 1. The number of nitrogens with two attached hydrogens (primary N) is 1. The summed E-state index contributed by atoms with van der Waals surface area (Å²) in [6, 6.07) is 9.57. The third-order valence-corrected chi connectivity index (χ3v) is 3.24. The van der Waals surface area contributed by atoms with Gasteiger partial charge in [0.2, 0.25) is 0 Å². The van der Waals surface area contributed by atoms with Crippen LogP contribution in [-0.4, -0.2) is 4.98 Å². The minimum Gasteiger partial charge on any atom is -0.457 e. The van der Waals surface area contributed by atoms with Crippen LogP contribution in [0.2, 0.25) is 5.02 Å². The topological polar surface area (TPSA) is 48.1 Å². The molecule has 1 aromatic heterocycles. The second-order valence-corrected chi connectivity index (χ2v) is 4.66. The van der Waals surface area contributed by atoms with Gasteiger partial charge in [-0.25, -0.2) is 4.39 Å². The highest BCUT2D eigenvalue weighted by molar-refractivity contribution is 6.30. The summed E-state index contributed by atoms with van der Waals surface area (Å²) in [6.45, 7) is 0. The molecule has 0 aliphatic heterocycles. The van der Waals surface area contributed by atoms with Gasteiger partial charge in [-0.3, -0.25) is 4.98 Å². The van der Waals surface area contributed by atoms with E-state index in [1.54, 1.807) is 36.7 Å². The lowest BCUT2D eigenvalue weighted by Gasteiger charge is -2.10. The third kappa shape index (κ3) is 2.26. The van der Waals surface area contributed by atoms with E-state index in [1.165, 1.54) is 12.1 Å². The highest BCUT2D eigenvalue weighted by atomic mass is 35.5. The van der Waals surface area contributed by atoms with E-state index >= 15 is 0 Å². The number of nitrogens with zero attached hydrogens (tertiary/aromatic N) is 1. The summed E-state index contributed by atoms with van der Waals surface area (Å²) in [5.74, 6) is 0.429. The molecule has 0 radical (unpaired) electrons. The van der Waals surface area contributed by atoms with Crippen molar-refractivity contribution in [2.24, 2.45) is 0 Å². The predicted molar refractivity (Wildman–Crippen MR) is 77.6 cm³/mol. The Morgan fingerprint density at radius 2 is 1.95 bits per heavy atom. The van der Waals surface area contributed by atoms with E-state index in [0.717, 1.165) is 10.8 Å². The highest BCUT2D eigenvalue weighted by Gasteiger charge is 2.08. The highest BCUT2D eigenvalue weighted by Crippen LogP contribution is 2.33. The monoisotopic (exact) mass is 288 g/mol. The molecule has 2 N–H and O–H groups in total. The predicted octanol–water partition coefficient (Wildman–Crippen LogP) is 4.40. The minimum atomic E-state index is -0.523. The van der Waals surface area contributed by atoms with Crippen LogP contribution in [0.4, 0.5) is 10.1 Å². The summed E-state index contributed by atoms with van der Waals surface area (Å²) in [6.07, 6.45) is 3.32. The summed E-state index contributed by atoms with van der Waals surface area (Å²) >= 11 is 5.64. The van der Waals surface area contributed by atoms with Crippen LogP contribution in [-0.2, 0) is 0 Å². The molecule has 0 amide bonds. The first-order valence-corrected chi connectivity index (χ1v) is 6.28. The van der Waals surface area contributed by atoms with E-state index in [2.05, 4.69) is 4.98 Å². The molecule has 0 bridgehead atoms. The van der Waals surface area contributed by atoms with Crippen molar-refractivity contribution in [2.75, 3.05) is 5.73 Å².